The Kier molecular flexibility index (Phi) is 6.71. The number of amides is 1. The number of nitrogens with zero attached hydrogens (tertiary/aromatic N) is 2. The van der Waals surface area contributed by atoms with Crippen LogP contribution in [0.25, 0.3) is 0 Å². The van der Waals surface area contributed by atoms with Gasteiger partial charge in [-0.1, -0.05) is 18.2 Å². The van der Waals surface area contributed by atoms with Crippen LogP contribution in [-0.2, 0) is 11.2 Å². The standard InChI is InChI=1S/C21H29N3O/c1-15-8-6-10-19(18(15)4)23-21(25)11-13-24(5)17(3)14-20-16(2)9-7-12-22-20/h6-10,12,17H,11,13-14H2,1-5H3,(H,23,25)/t17-/m0/s1. The van der Waals surface area contributed by atoms with E-state index >= 15 is 0 Å². The van der Waals surface area contributed by atoms with Crippen LogP contribution in [0.15, 0.2) is 36.5 Å². The number of hydrogen-bond donors (Lipinski definition) is 1. The molecule has 2 aromatic rings. The molecule has 0 spiro atoms. The molecule has 0 saturated carbocycles. The highest BCUT2D eigenvalue weighted by Crippen LogP contribution is 2.18. The largest absolute Gasteiger partial charge is 0.326 e. The van der Waals surface area contributed by atoms with Crippen molar-refractivity contribution in [1.82, 2.24) is 9.88 Å². The Morgan fingerprint density at radius 2 is 1.88 bits per heavy atom. The highest BCUT2D eigenvalue weighted by atomic mass is 16.1. The van der Waals surface area contributed by atoms with E-state index in [-0.39, 0.29) is 5.91 Å². The first-order valence-electron chi connectivity index (χ1n) is 8.85. The highest BCUT2D eigenvalue weighted by Gasteiger charge is 2.14. The lowest BCUT2D eigenvalue weighted by Gasteiger charge is -2.24. The van der Waals surface area contributed by atoms with E-state index in [4.69, 9.17) is 0 Å². The molecule has 2 rings (SSSR count). The Labute approximate surface area is 151 Å². The van der Waals surface area contributed by atoms with Gasteiger partial charge in [0.15, 0.2) is 0 Å². The van der Waals surface area contributed by atoms with Gasteiger partial charge < -0.3 is 10.2 Å². The fraction of sp³-hybridized carbons (Fsp3) is 0.429. The van der Waals surface area contributed by atoms with Crippen molar-refractivity contribution in [2.24, 2.45) is 0 Å². The molecular formula is C21H29N3O. The number of aryl methyl sites for hydroxylation is 2. The van der Waals surface area contributed by atoms with Crippen molar-refractivity contribution < 1.29 is 4.79 Å². The molecule has 0 aliphatic heterocycles. The van der Waals surface area contributed by atoms with Crippen molar-refractivity contribution in [3.63, 3.8) is 0 Å². The van der Waals surface area contributed by atoms with Gasteiger partial charge in [-0.25, -0.2) is 0 Å². The van der Waals surface area contributed by atoms with Crippen LogP contribution in [-0.4, -0.2) is 35.4 Å². The predicted octanol–water partition coefficient (Wildman–Crippen LogP) is 3.90. The average Bonchev–Trinajstić information content (AvgIpc) is 2.58. The third-order valence-electron chi connectivity index (χ3n) is 4.93. The minimum Gasteiger partial charge on any atom is -0.326 e. The Bertz CT molecular complexity index is 727. The Morgan fingerprint density at radius 3 is 2.60 bits per heavy atom. The average molecular weight is 339 g/mol. The van der Waals surface area contributed by atoms with Crippen LogP contribution in [0.2, 0.25) is 0 Å². The molecule has 1 aromatic heterocycles. The first-order valence-corrected chi connectivity index (χ1v) is 8.85. The number of benzene rings is 1. The molecule has 0 aliphatic rings. The van der Waals surface area contributed by atoms with E-state index in [1.807, 2.05) is 31.3 Å². The van der Waals surface area contributed by atoms with Crippen LogP contribution < -0.4 is 5.32 Å². The Balaban J connectivity index is 1.84. The quantitative estimate of drug-likeness (QED) is 0.832. The molecule has 1 aromatic carbocycles. The van der Waals surface area contributed by atoms with Crippen molar-refractivity contribution in [1.29, 1.82) is 0 Å². The molecule has 0 unspecified atom stereocenters. The number of carbonyl (C=O) groups is 1. The van der Waals surface area contributed by atoms with Gasteiger partial charge in [0.05, 0.1) is 0 Å². The second-order valence-corrected chi connectivity index (χ2v) is 6.85. The number of aromatic nitrogens is 1. The minimum absolute atomic E-state index is 0.0572. The summed E-state index contributed by atoms with van der Waals surface area (Å²) in [5, 5.41) is 3.03. The third kappa shape index (κ3) is 5.40. The van der Waals surface area contributed by atoms with Gasteiger partial charge in [0.1, 0.15) is 0 Å². The van der Waals surface area contributed by atoms with Crippen molar-refractivity contribution in [3.05, 3.63) is 58.9 Å². The predicted molar refractivity (Wildman–Crippen MR) is 104 cm³/mol. The normalized spacial score (nSPS) is 12.2. The fourth-order valence-corrected chi connectivity index (χ4v) is 2.77. The lowest BCUT2D eigenvalue weighted by Crippen LogP contribution is -2.34. The van der Waals surface area contributed by atoms with Crippen LogP contribution in [0, 0.1) is 20.8 Å². The van der Waals surface area contributed by atoms with E-state index in [9.17, 15) is 4.79 Å². The minimum atomic E-state index is 0.0572. The van der Waals surface area contributed by atoms with Crippen LogP contribution in [0.4, 0.5) is 5.69 Å². The van der Waals surface area contributed by atoms with Crippen molar-refractivity contribution in [2.45, 2.75) is 46.6 Å². The monoisotopic (exact) mass is 339 g/mol. The zero-order valence-corrected chi connectivity index (χ0v) is 16.0. The summed E-state index contributed by atoms with van der Waals surface area (Å²) in [5.74, 6) is 0.0572. The lowest BCUT2D eigenvalue weighted by molar-refractivity contribution is -0.116. The second-order valence-electron chi connectivity index (χ2n) is 6.85. The molecule has 0 radical (unpaired) electrons. The van der Waals surface area contributed by atoms with Crippen molar-refractivity contribution >= 4 is 11.6 Å². The summed E-state index contributed by atoms with van der Waals surface area (Å²) < 4.78 is 0. The number of nitrogens with one attached hydrogen (secondary N) is 1. The molecule has 1 amide bonds. The SMILES string of the molecule is Cc1cccnc1C[C@H](C)N(C)CCC(=O)Nc1cccc(C)c1C. The molecule has 4 heteroatoms. The van der Waals surface area contributed by atoms with E-state index in [2.05, 4.69) is 55.2 Å². The molecule has 0 aliphatic carbocycles. The van der Waals surface area contributed by atoms with E-state index in [1.165, 1.54) is 11.1 Å². The van der Waals surface area contributed by atoms with Crippen molar-refractivity contribution in [2.75, 3.05) is 18.9 Å². The van der Waals surface area contributed by atoms with Crippen LogP contribution >= 0.6 is 0 Å². The third-order valence-corrected chi connectivity index (χ3v) is 4.93. The zero-order valence-electron chi connectivity index (χ0n) is 16.0. The molecule has 4 nitrogen and oxygen atoms in total. The number of carbonyl (C=O) groups excluding carboxylic acids is 1. The lowest BCUT2D eigenvalue weighted by atomic mass is 10.1. The molecule has 25 heavy (non-hydrogen) atoms. The van der Waals surface area contributed by atoms with E-state index in [0.717, 1.165) is 29.9 Å². The molecule has 134 valence electrons. The van der Waals surface area contributed by atoms with Gasteiger partial charge in [-0.05, 0) is 63.6 Å². The van der Waals surface area contributed by atoms with Gasteiger partial charge >= 0.3 is 0 Å². The first-order chi connectivity index (χ1) is 11.9. The second kappa shape index (κ2) is 8.77. The summed E-state index contributed by atoms with van der Waals surface area (Å²) in [6.45, 7) is 9.08. The van der Waals surface area contributed by atoms with Crippen LogP contribution in [0.3, 0.4) is 0 Å². The van der Waals surface area contributed by atoms with Gasteiger partial charge in [0.2, 0.25) is 5.91 Å². The maximum Gasteiger partial charge on any atom is 0.225 e. The summed E-state index contributed by atoms with van der Waals surface area (Å²) in [7, 11) is 2.06. The molecule has 0 fully saturated rings. The smallest absolute Gasteiger partial charge is 0.225 e. The number of pyridine rings is 1. The van der Waals surface area contributed by atoms with Gasteiger partial charge in [-0.2, -0.15) is 0 Å². The Hall–Kier alpha value is -2.20. The molecule has 0 saturated heterocycles. The van der Waals surface area contributed by atoms with E-state index in [1.54, 1.807) is 0 Å². The molecule has 0 bridgehead atoms. The highest BCUT2D eigenvalue weighted by molar-refractivity contribution is 5.91. The van der Waals surface area contributed by atoms with E-state index in [0.29, 0.717) is 12.5 Å². The van der Waals surface area contributed by atoms with Gasteiger partial charge in [0, 0.05) is 43.0 Å². The number of rotatable bonds is 7. The molecule has 1 N–H and O–H groups in total. The maximum absolute atomic E-state index is 12.3. The molecule has 1 atom stereocenters. The van der Waals surface area contributed by atoms with E-state index < -0.39 is 0 Å². The zero-order chi connectivity index (χ0) is 18.4. The number of likely N-dealkylation sites (N-methyl/N-ethyl adjacent to an activating group) is 1. The van der Waals surface area contributed by atoms with Crippen molar-refractivity contribution in [3.8, 4) is 0 Å². The summed E-state index contributed by atoms with van der Waals surface area (Å²) in [4.78, 5) is 18.9. The first kappa shape index (κ1) is 19.1. The van der Waals surface area contributed by atoms with Gasteiger partial charge in [0.25, 0.3) is 0 Å². The molecule has 1 heterocycles. The van der Waals surface area contributed by atoms with Crippen LogP contribution in [0.1, 0.15) is 35.7 Å². The fourth-order valence-electron chi connectivity index (χ4n) is 2.77. The summed E-state index contributed by atoms with van der Waals surface area (Å²) in [6, 6.07) is 10.4. The van der Waals surface area contributed by atoms with Gasteiger partial charge in [-0.3, -0.25) is 9.78 Å². The maximum atomic E-state index is 12.3. The van der Waals surface area contributed by atoms with Crippen LogP contribution in [0.5, 0.6) is 0 Å². The Morgan fingerprint density at radius 1 is 1.16 bits per heavy atom. The summed E-state index contributed by atoms with van der Waals surface area (Å²) in [6.07, 6.45) is 3.21. The summed E-state index contributed by atoms with van der Waals surface area (Å²) in [5.41, 5.74) is 5.57. The topological polar surface area (TPSA) is 45.2 Å². The summed E-state index contributed by atoms with van der Waals surface area (Å²) >= 11 is 0. The van der Waals surface area contributed by atoms with Gasteiger partial charge in [-0.15, -0.1) is 0 Å². The number of anilines is 1. The number of hydrogen-bond acceptors (Lipinski definition) is 3. The molecular weight excluding hydrogens is 310 g/mol.